The molecule has 0 fully saturated rings. The topological polar surface area (TPSA) is 35.2 Å². The normalized spacial score (nSPS) is 12.2. The van der Waals surface area contributed by atoms with E-state index in [1.54, 1.807) is 6.07 Å². The highest BCUT2D eigenvalue weighted by molar-refractivity contribution is 5.36. The second-order valence-corrected chi connectivity index (χ2v) is 5.63. The molecule has 0 spiro atoms. The van der Waals surface area contributed by atoms with Gasteiger partial charge < -0.3 is 10.5 Å². The van der Waals surface area contributed by atoms with Crippen molar-refractivity contribution in [2.45, 2.75) is 39.8 Å². The van der Waals surface area contributed by atoms with Gasteiger partial charge in [0.25, 0.3) is 0 Å². The van der Waals surface area contributed by atoms with E-state index in [4.69, 9.17) is 10.5 Å². The Bertz CT molecular complexity index is 623. The van der Waals surface area contributed by atoms with Crippen LogP contribution in [0.25, 0.3) is 0 Å². The lowest BCUT2D eigenvalue weighted by Gasteiger charge is -2.15. The van der Waals surface area contributed by atoms with E-state index in [1.165, 1.54) is 11.6 Å². The highest BCUT2D eigenvalue weighted by atomic mass is 19.1. The van der Waals surface area contributed by atoms with Gasteiger partial charge in [0.05, 0.1) is 0 Å². The Morgan fingerprint density at radius 3 is 2.62 bits per heavy atom. The first kappa shape index (κ1) is 15.5. The number of ether oxygens (including phenoxy) is 1. The van der Waals surface area contributed by atoms with Gasteiger partial charge in [-0.3, -0.25) is 0 Å². The van der Waals surface area contributed by atoms with Gasteiger partial charge in [-0.25, -0.2) is 4.39 Å². The smallest absolute Gasteiger partial charge is 0.165 e. The number of rotatable bonds is 5. The van der Waals surface area contributed by atoms with Crippen LogP contribution in [-0.4, -0.2) is 6.04 Å². The summed E-state index contributed by atoms with van der Waals surface area (Å²) in [5.74, 6) is -0.0193. The van der Waals surface area contributed by atoms with Gasteiger partial charge in [-0.05, 0) is 49.9 Å². The van der Waals surface area contributed by atoms with Gasteiger partial charge in [-0.1, -0.05) is 35.9 Å². The molecule has 0 bridgehead atoms. The lowest BCUT2D eigenvalue weighted by atomic mass is 10.1. The number of aryl methyl sites for hydroxylation is 2. The van der Waals surface area contributed by atoms with Crippen molar-refractivity contribution in [3.8, 4) is 5.75 Å². The van der Waals surface area contributed by atoms with Gasteiger partial charge >= 0.3 is 0 Å². The first-order chi connectivity index (χ1) is 9.97. The van der Waals surface area contributed by atoms with Gasteiger partial charge in [0.15, 0.2) is 11.6 Å². The maximum atomic E-state index is 14.0. The first-order valence-corrected chi connectivity index (χ1v) is 7.19. The average Bonchev–Trinajstić information content (AvgIpc) is 2.41. The van der Waals surface area contributed by atoms with Crippen molar-refractivity contribution in [3.05, 3.63) is 64.5 Å². The first-order valence-electron chi connectivity index (χ1n) is 7.19. The van der Waals surface area contributed by atoms with Crippen LogP contribution in [0.1, 0.15) is 29.2 Å². The Hall–Kier alpha value is -1.87. The molecule has 21 heavy (non-hydrogen) atoms. The quantitative estimate of drug-likeness (QED) is 0.905. The highest BCUT2D eigenvalue weighted by Gasteiger charge is 2.12. The Kier molecular flexibility index (Phi) is 4.97. The van der Waals surface area contributed by atoms with E-state index in [9.17, 15) is 4.39 Å². The standard InChI is InChI=1S/C18H22FNO/c1-12-7-8-13(2)16(9-12)11-21-18-15(10-14(3)20)5-4-6-17(18)19/h4-9,14H,10-11,20H2,1-3H3. The van der Waals surface area contributed by atoms with Gasteiger partial charge in [-0.15, -0.1) is 0 Å². The van der Waals surface area contributed by atoms with Crippen molar-refractivity contribution in [1.29, 1.82) is 0 Å². The third kappa shape index (κ3) is 4.05. The van der Waals surface area contributed by atoms with E-state index in [0.29, 0.717) is 18.8 Å². The number of hydrogen-bond acceptors (Lipinski definition) is 2. The second kappa shape index (κ2) is 6.72. The SMILES string of the molecule is Cc1ccc(C)c(COc2c(F)cccc2CC(C)N)c1. The largest absolute Gasteiger partial charge is 0.486 e. The number of benzene rings is 2. The Balaban J connectivity index is 2.21. The molecule has 0 saturated carbocycles. The van der Waals surface area contributed by atoms with Gasteiger partial charge in [0.2, 0.25) is 0 Å². The van der Waals surface area contributed by atoms with E-state index in [-0.39, 0.29) is 11.9 Å². The minimum Gasteiger partial charge on any atom is -0.486 e. The molecular formula is C18H22FNO. The minimum atomic E-state index is -0.335. The van der Waals surface area contributed by atoms with Crippen LogP contribution in [0.5, 0.6) is 5.75 Å². The van der Waals surface area contributed by atoms with Crippen molar-refractivity contribution < 1.29 is 9.13 Å². The predicted octanol–water partition coefficient (Wildman–Crippen LogP) is 3.91. The summed E-state index contributed by atoms with van der Waals surface area (Å²) >= 11 is 0. The Morgan fingerprint density at radius 1 is 1.14 bits per heavy atom. The summed E-state index contributed by atoms with van der Waals surface area (Å²) in [5, 5.41) is 0. The van der Waals surface area contributed by atoms with E-state index in [1.807, 2.05) is 26.8 Å². The zero-order chi connectivity index (χ0) is 15.4. The Labute approximate surface area is 125 Å². The molecule has 0 aliphatic heterocycles. The molecule has 0 amide bonds. The molecule has 0 saturated heterocycles. The maximum Gasteiger partial charge on any atom is 0.165 e. The van der Waals surface area contributed by atoms with Crippen LogP contribution in [0.4, 0.5) is 4.39 Å². The molecule has 0 heterocycles. The van der Waals surface area contributed by atoms with Crippen molar-refractivity contribution in [2.75, 3.05) is 0 Å². The van der Waals surface area contributed by atoms with Gasteiger partial charge in [0, 0.05) is 6.04 Å². The van der Waals surface area contributed by atoms with Gasteiger partial charge in [0.1, 0.15) is 6.61 Å². The molecule has 1 unspecified atom stereocenters. The van der Waals surface area contributed by atoms with E-state index in [2.05, 4.69) is 18.2 Å². The molecule has 2 N–H and O–H groups in total. The molecular weight excluding hydrogens is 265 g/mol. The van der Waals surface area contributed by atoms with Crippen molar-refractivity contribution in [2.24, 2.45) is 5.73 Å². The van der Waals surface area contributed by atoms with E-state index >= 15 is 0 Å². The number of para-hydroxylation sites is 1. The molecule has 3 heteroatoms. The second-order valence-electron chi connectivity index (χ2n) is 5.63. The number of halogens is 1. The van der Waals surface area contributed by atoms with Crippen LogP contribution in [-0.2, 0) is 13.0 Å². The molecule has 0 aliphatic rings. The molecule has 1 atom stereocenters. The molecule has 112 valence electrons. The van der Waals surface area contributed by atoms with Crippen LogP contribution in [0, 0.1) is 19.7 Å². The van der Waals surface area contributed by atoms with E-state index < -0.39 is 0 Å². The Morgan fingerprint density at radius 2 is 1.90 bits per heavy atom. The highest BCUT2D eigenvalue weighted by Crippen LogP contribution is 2.25. The number of nitrogens with two attached hydrogens (primary N) is 1. The zero-order valence-electron chi connectivity index (χ0n) is 12.8. The van der Waals surface area contributed by atoms with Crippen LogP contribution < -0.4 is 10.5 Å². The predicted molar refractivity (Wildman–Crippen MR) is 84.0 cm³/mol. The van der Waals surface area contributed by atoms with E-state index in [0.717, 1.165) is 16.7 Å². The summed E-state index contributed by atoms with van der Waals surface area (Å²) in [4.78, 5) is 0. The molecule has 0 aliphatic carbocycles. The fourth-order valence-electron chi connectivity index (χ4n) is 2.33. The molecule has 0 radical (unpaired) electrons. The summed E-state index contributed by atoms with van der Waals surface area (Å²) < 4.78 is 19.8. The molecule has 2 nitrogen and oxygen atoms in total. The fourth-order valence-corrected chi connectivity index (χ4v) is 2.33. The summed E-state index contributed by atoms with van der Waals surface area (Å²) in [7, 11) is 0. The third-order valence-corrected chi connectivity index (χ3v) is 3.47. The van der Waals surface area contributed by atoms with Crippen LogP contribution >= 0.6 is 0 Å². The zero-order valence-corrected chi connectivity index (χ0v) is 12.8. The molecule has 2 aromatic rings. The lowest BCUT2D eigenvalue weighted by molar-refractivity contribution is 0.285. The van der Waals surface area contributed by atoms with Gasteiger partial charge in [-0.2, -0.15) is 0 Å². The summed E-state index contributed by atoms with van der Waals surface area (Å²) in [5.41, 5.74) is 10.0. The van der Waals surface area contributed by atoms with Crippen LogP contribution in [0.2, 0.25) is 0 Å². The summed E-state index contributed by atoms with van der Waals surface area (Å²) in [6.45, 7) is 6.33. The van der Waals surface area contributed by atoms with Crippen molar-refractivity contribution in [1.82, 2.24) is 0 Å². The van der Waals surface area contributed by atoms with Crippen LogP contribution in [0.3, 0.4) is 0 Å². The number of hydrogen-bond donors (Lipinski definition) is 1. The fraction of sp³-hybridized carbons (Fsp3) is 0.333. The minimum absolute atomic E-state index is 0.0325. The molecule has 0 aromatic heterocycles. The monoisotopic (exact) mass is 287 g/mol. The summed E-state index contributed by atoms with van der Waals surface area (Å²) in [6, 6.07) is 11.1. The van der Waals surface area contributed by atoms with Crippen molar-refractivity contribution in [3.63, 3.8) is 0 Å². The van der Waals surface area contributed by atoms with Crippen LogP contribution in [0.15, 0.2) is 36.4 Å². The average molecular weight is 287 g/mol. The third-order valence-electron chi connectivity index (χ3n) is 3.47. The van der Waals surface area contributed by atoms with Crippen molar-refractivity contribution >= 4 is 0 Å². The molecule has 2 rings (SSSR count). The lowest BCUT2D eigenvalue weighted by Crippen LogP contribution is -2.18. The summed E-state index contributed by atoms with van der Waals surface area (Å²) in [6.07, 6.45) is 0.597. The molecule has 2 aromatic carbocycles. The maximum absolute atomic E-state index is 14.0.